The zero-order chi connectivity index (χ0) is 9.72. The molecule has 12 heavy (non-hydrogen) atoms. The highest BCUT2D eigenvalue weighted by Gasteiger charge is 2.16. The van der Waals surface area contributed by atoms with Crippen LogP contribution in [0.5, 0.6) is 0 Å². The van der Waals surface area contributed by atoms with Gasteiger partial charge in [0.05, 0.1) is 6.61 Å². The van der Waals surface area contributed by atoms with Gasteiger partial charge in [-0.15, -0.1) is 12.6 Å². The second kappa shape index (κ2) is 4.98. The molecule has 0 heterocycles. The van der Waals surface area contributed by atoms with Gasteiger partial charge in [-0.2, -0.15) is 0 Å². The Balaban J connectivity index is 4.67. The summed E-state index contributed by atoms with van der Waals surface area (Å²) in [4.78, 5) is 22.4. The minimum atomic E-state index is -0.600. The SMILES string of the molecule is CCOC(=O)C(C(C)=O)=C(C)S. The van der Waals surface area contributed by atoms with Crippen LogP contribution < -0.4 is 0 Å². The van der Waals surface area contributed by atoms with E-state index in [1.54, 1.807) is 13.8 Å². The van der Waals surface area contributed by atoms with E-state index in [-0.39, 0.29) is 18.0 Å². The van der Waals surface area contributed by atoms with Crippen molar-refractivity contribution in [1.82, 2.24) is 0 Å². The summed E-state index contributed by atoms with van der Waals surface area (Å²) in [6.45, 7) is 4.84. The lowest BCUT2D eigenvalue weighted by molar-refractivity contribution is -0.139. The monoisotopic (exact) mass is 188 g/mol. The molecule has 68 valence electrons. The third-order valence-corrected chi connectivity index (χ3v) is 1.42. The number of Topliss-reactive ketones (excluding diaryl/α,β-unsaturated/α-hetero) is 1. The highest BCUT2D eigenvalue weighted by atomic mass is 32.1. The lowest BCUT2D eigenvalue weighted by Crippen LogP contribution is -2.14. The molecule has 0 rings (SSSR count). The standard InChI is InChI=1S/C8H12O3S/c1-4-11-8(10)7(5(2)9)6(3)12/h12H,4H2,1-3H3. The Morgan fingerprint density at radius 1 is 1.33 bits per heavy atom. The minimum Gasteiger partial charge on any atom is -0.462 e. The van der Waals surface area contributed by atoms with Crippen molar-refractivity contribution in [2.24, 2.45) is 0 Å². The zero-order valence-electron chi connectivity index (χ0n) is 7.38. The van der Waals surface area contributed by atoms with Crippen molar-refractivity contribution in [2.75, 3.05) is 6.61 Å². The van der Waals surface area contributed by atoms with Gasteiger partial charge in [0, 0.05) is 0 Å². The Morgan fingerprint density at radius 2 is 1.83 bits per heavy atom. The van der Waals surface area contributed by atoms with Gasteiger partial charge in [0.1, 0.15) is 5.57 Å². The molecule has 0 aromatic heterocycles. The third-order valence-electron chi connectivity index (χ3n) is 1.19. The molecule has 4 heteroatoms. The molecule has 0 bridgehead atoms. The van der Waals surface area contributed by atoms with Gasteiger partial charge in [-0.1, -0.05) is 0 Å². The first kappa shape index (κ1) is 11.2. The van der Waals surface area contributed by atoms with Crippen molar-refractivity contribution in [3.63, 3.8) is 0 Å². The first-order valence-corrected chi connectivity index (χ1v) is 4.03. The summed E-state index contributed by atoms with van der Waals surface area (Å²) in [6.07, 6.45) is 0. The fourth-order valence-corrected chi connectivity index (χ4v) is 0.998. The number of hydrogen-bond donors (Lipinski definition) is 1. The van der Waals surface area contributed by atoms with Crippen LogP contribution in [0.15, 0.2) is 10.5 Å². The molecule has 0 aromatic carbocycles. The first-order valence-electron chi connectivity index (χ1n) is 3.58. The third kappa shape index (κ3) is 3.09. The van der Waals surface area contributed by atoms with Crippen molar-refractivity contribution in [3.8, 4) is 0 Å². The van der Waals surface area contributed by atoms with E-state index in [1.165, 1.54) is 6.92 Å². The molecule has 0 aliphatic carbocycles. The van der Waals surface area contributed by atoms with E-state index in [0.717, 1.165) is 0 Å². The van der Waals surface area contributed by atoms with Crippen molar-refractivity contribution >= 4 is 24.4 Å². The van der Waals surface area contributed by atoms with E-state index in [2.05, 4.69) is 17.4 Å². The molecule has 3 nitrogen and oxygen atoms in total. The topological polar surface area (TPSA) is 43.4 Å². The van der Waals surface area contributed by atoms with Crippen molar-refractivity contribution in [1.29, 1.82) is 0 Å². The minimum absolute atomic E-state index is 0.0279. The highest BCUT2D eigenvalue weighted by Crippen LogP contribution is 2.10. The quantitative estimate of drug-likeness (QED) is 0.239. The van der Waals surface area contributed by atoms with Crippen LogP contribution in [-0.2, 0) is 14.3 Å². The Hall–Kier alpha value is -0.770. The van der Waals surface area contributed by atoms with E-state index < -0.39 is 5.97 Å². The van der Waals surface area contributed by atoms with Gasteiger partial charge in [-0.3, -0.25) is 4.79 Å². The molecule has 0 aliphatic rings. The van der Waals surface area contributed by atoms with Gasteiger partial charge < -0.3 is 4.74 Å². The van der Waals surface area contributed by atoms with Gasteiger partial charge in [0.15, 0.2) is 5.78 Å². The average Bonchev–Trinajstić information content (AvgIpc) is 1.85. The zero-order valence-corrected chi connectivity index (χ0v) is 8.27. The van der Waals surface area contributed by atoms with Crippen molar-refractivity contribution in [2.45, 2.75) is 20.8 Å². The summed E-state index contributed by atoms with van der Waals surface area (Å²) in [6, 6.07) is 0. The van der Waals surface area contributed by atoms with E-state index in [0.29, 0.717) is 4.91 Å². The summed E-state index contributed by atoms with van der Waals surface area (Å²) < 4.78 is 4.66. The lowest BCUT2D eigenvalue weighted by Gasteiger charge is -2.03. The maximum atomic E-state index is 11.1. The van der Waals surface area contributed by atoms with Gasteiger partial charge in [-0.05, 0) is 25.7 Å². The molecule has 0 unspecified atom stereocenters. The number of ether oxygens (including phenoxy) is 1. The second-order valence-electron chi connectivity index (χ2n) is 2.24. The molecule has 0 amide bonds. The van der Waals surface area contributed by atoms with E-state index in [1.807, 2.05) is 0 Å². The molecule has 0 spiro atoms. The number of carbonyl (C=O) groups is 2. The molecule has 0 fully saturated rings. The van der Waals surface area contributed by atoms with Crippen LogP contribution in [0, 0.1) is 0 Å². The van der Waals surface area contributed by atoms with Crippen LogP contribution >= 0.6 is 12.6 Å². The maximum absolute atomic E-state index is 11.1. The predicted octanol–water partition coefficient (Wildman–Crippen LogP) is 1.34. The predicted molar refractivity (Wildman–Crippen MR) is 49.0 cm³/mol. The number of hydrogen-bond acceptors (Lipinski definition) is 4. The molecular weight excluding hydrogens is 176 g/mol. The number of rotatable bonds is 3. The Kier molecular flexibility index (Phi) is 4.66. The van der Waals surface area contributed by atoms with Crippen molar-refractivity contribution < 1.29 is 14.3 Å². The van der Waals surface area contributed by atoms with Crippen LogP contribution in [-0.4, -0.2) is 18.4 Å². The fraction of sp³-hybridized carbons (Fsp3) is 0.500. The summed E-state index contributed by atoms with van der Waals surface area (Å²) in [7, 11) is 0. The molecule has 0 aromatic rings. The largest absolute Gasteiger partial charge is 0.462 e. The lowest BCUT2D eigenvalue weighted by atomic mass is 10.2. The number of ketones is 1. The molecule has 0 saturated heterocycles. The summed E-state index contributed by atoms with van der Waals surface area (Å²) in [5.41, 5.74) is 0.0279. The highest BCUT2D eigenvalue weighted by molar-refractivity contribution is 7.84. The van der Waals surface area contributed by atoms with Gasteiger partial charge in [0.25, 0.3) is 0 Å². The van der Waals surface area contributed by atoms with Crippen LogP contribution in [0.4, 0.5) is 0 Å². The molecule has 0 aliphatic heterocycles. The van der Waals surface area contributed by atoms with Crippen LogP contribution in [0.1, 0.15) is 20.8 Å². The molecule has 0 radical (unpaired) electrons. The number of thiol groups is 1. The van der Waals surface area contributed by atoms with Gasteiger partial charge >= 0.3 is 5.97 Å². The number of carbonyl (C=O) groups excluding carboxylic acids is 2. The normalized spacial score (nSPS) is 12.0. The van der Waals surface area contributed by atoms with Crippen LogP contribution in [0.2, 0.25) is 0 Å². The molecule has 0 saturated carbocycles. The number of allylic oxidation sites excluding steroid dienone is 1. The van der Waals surface area contributed by atoms with E-state index in [9.17, 15) is 9.59 Å². The van der Waals surface area contributed by atoms with Gasteiger partial charge in [0.2, 0.25) is 0 Å². The molecular formula is C8H12O3S. The van der Waals surface area contributed by atoms with Crippen LogP contribution in [0.3, 0.4) is 0 Å². The summed E-state index contributed by atoms with van der Waals surface area (Å²) in [5.74, 6) is -0.918. The van der Waals surface area contributed by atoms with Gasteiger partial charge in [-0.25, -0.2) is 4.79 Å². The average molecular weight is 188 g/mol. The molecule has 0 N–H and O–H groups in total. The smallest absolute Gasteiger partial charge is 0.342 e. The Morgan fingerprint density at radius 3 is 2.08 bits per heavy atom. The fourth-order valence-electron chi connectivity index (χ4n) is 0.749. The van der Waals surface area contributed by atoms with E-state index >= 15 is 0 Å². The summed E-state index contributed by atoms with van der Waals surface area (Å²) >= 11 is 3.92. The Bertz CT molecular complexity index is 226. The van der Waals surface area contributed by atoms with Crippen molar-refractivity contribution in [3.05, 3.63) is 10.5 Å². The number of esters is 1. The van der Waals surface area contributed by atoms with Crippen LogP contribution in [0.25, 0.3) is 0 Å². The van der Waals surface area contributed by atoms with E-state index in [4.69, 9.17) is 0 Å². The molecule has 0 atom stereocenters. The summed E-state index contributed by atoms with van der Waals surface area (Å²) in [5, 5.41) is 0. The first-order chi connectivity index (χ1) is 5.50. The maximum Gasteiger partial charge on any atom is 0.342 e. The Labute approximate surface area is 77.2 Å². The second-order valence-corrected chi connectivity index (χ2v) is 2.91.